The fourth-order valence-corrected chi connectivity index (χ4v) is 2.55. The molecule has 4 atom stereocenters. The predicted octanol–water partition coefficient (Wildman–Crippen LogP) is -3.91. The lowest BCUT2D eigenvalue weighted by molar-refractivity contribution is -0.144. The maximum Gasteiger partial charge on any atom is 0.326 e. The third-order valence-corrected chi connectivity index (χ3v) is 4.38. The van der Waals surface area contributed by atoms with Crippen molar-refractivity contribution in [3.05, 3.63) is 0 Å². The molecule has 11 N–H and O–H groups in total. The number of carboxylic acids is 2. The maximum absolute atomic E-state index is 12.3. The van der Waals surface area contributed by atoms with Gasteiger partial charge in [-0.15, -0.1) is 0 Å². The summed E-state index contributed by atoms with van der Waals surface area (Å²) < 4.78 is 0. The Bertz CT molecular complexity index is 767. The van der Waals surface area contributed by atoms with E-state index < -0.39 is 72.6 Å². The van der Waals surface area contributed by atoms with Gasteiger partial charge in [-0.25, -0.2) is 4.79 Å². The Labute approximate surface area is 189 Å². The summed E-state index contributed by atoms with van der Waals surface area (Å²) in [6.07, 6.45) is -0.301. The Balaban J connectivity index is 4.98. The molecule has 0 bridgehead atoms. The summed E-state index contributed by atoms with van der Waals surface area (Å²) in [6.45, 7) is 2.44. The second-order valence-corrected chi connectivity index (χ2v) is 7.43. The average molecular weight is 473 g/mol. The number of aliphatic imine (C=N–C) groups is 1. The Morgan fingerprint density at radius 3 is 2.09 bits per heavy atom. The van der Waals surface area contributed by atoms with Crippen LogP contribution in [-0.2, 0) is 28.8 Å². The van der Waals surface area contributed by atoms with E-state index in [1.165, 1.54) is 13.8 Å². The van der Waals surface area contributed by atoms with E-state index in [9.17, 15) is 28.8 Å². The minimum Gasteiger partial charge on any atom is -0.481 e. The van der Waals surface area contributed by atoms with Crippen LogP contribution < -0.4 is 33.2 Å². The van der Waals surface area contributed by atoms with E-state index in [1.54, 1.807) is 0 Å². The number of carboxylic acid groups (broad SMARTS) is 2. The lowest BCUT2D eigenvalue weighted by atomic mass is 9.98. The monoisotopic (exact) mass is 473 g/mol. The van der Waals surface area contributed by atoms with Gasteiger partial charge in [-0.05, 0) is 12.3 Å². The predicted molar refractivity (Wildman–Crippen MR) is 114 cm³/mol. The van der Waals surface area contributed by atoms with Gasteiger partial charge in [0.05, 0.1) is 19.0 Å². The van der Waals surface area contributed by atoms with Crippen LogP contribution in [-0.4, -0.2) is 83.3 Å². The van der Waals surface area contributed by atoms with Crippen LogP contribution >= 0.6 is 0 Å². The van der Waals surface area contributed by atoms with E-state index in [-0.39, 0.29) is 18.9 Å². The quantitative estimate of drug-likeness (QED) is 0.0646. The molecule has 0 aliphatic heterocycles. The zero-order valence-corrected chi connectivity index (χ0v) is 18.3. The topological polar surface area (TPSA) is 269 Å². The van der Waals surface area contributed by atoms with E-state index in [2.05, 4.69) is 20.9 Å². The average Bonchev–Trinajstić information content (AvgIpc) is 2.71. The third-order valence-electron chi connectivity index (χ3n) is 4.38. The van der Waals surface area contributed by atoms with Gasteiger partial charge in [0, 0.05) is 12.5 Å². The highest BCUT2D eigenvalue weighted by molar-refractivity contribution is 5.94. The fraction of sp³-hybridized carbons (Fsp3) is 0.611. The first-order valence-corrected chi connectivity index (χ1v) is 9.88. The van der Waals surface area contributed by atoms with Crippen molar-refractivity contribution in [3.63, 3.8) is 0 Å². The van der Waals surface area contributed by atoms with Crippen molar-refractivity contribution in [3.8, 4) is 0 Å². The normalized spacial score (nSPS) is 14.2. The number of nitrogens with zero attached hydrogens (tertiary/aromatic N) is 1. The standard InChI is InChI=1S/C18H31N7O8/c1-8(2)14(17(32)33)25-15(30)10(5-12(28)29)24-11(27)6-23-16(31)13(19)9(7-26)3-4-22-18(20)21/h7-10,13-14H,3-6,19H2,1-2H3,(H,23,31)(H,24,27)(H,25,30)(H,28,29)(H,32,33)(H4,20,21,22)/t9?,10-,13-,14-/m0/s1. The van der Waals surface area contributed by atoms with Crippen molar-refractivity contribution in [1.82, 2.24) is 16.0 Å². The van der Waals surface area contributed by atoms with Gasteiger partial charge < -0.3 is 48.2 Å². The summed E-state index contributed by atoms with van der Waals surface area (Å²) >= 11 is 0. The minimum atomic E-state index is -1.59. The Morgan fingerprint density at radius 1 is 1.03 bits per heavy atom. The van der Waals surface area contributed by atoms with E-state index in [4.69, 9.17) is 27.4 Å². The van der Waals surface area contributed by atoms with Crippen molar-refractivity contribution in [2.45, 2.75) is 44.8 Å². The lowest BCUT2D eigenvalue weighted by Gasteiger charge is -2.22. The van der Waals surface area contributed by atoms with Gasteiger partial charge in [0.1, 0.15) is 18.4 Å². The van der Waals surface area contributed by atoms with E-state index in [1.807, 2.05) is 0 Å². The SMILES string of the molecule is CC(C)[C@H](NC(=O)[C@H](CC(=O)O)NC(=O)CNC(=O)[C@@H](N)C(C=O)CCN=C(N)N)C(=O)O. The molecular formula is C18H31N7O8. The number of aldehydes is 1. The molecule has 0 aromatic rings. The highest BCUT2D eigenvalue weighted by Gasteiger charge is 2.30. The molecule has 3 amide bonds. The van der Waals surface area contributed by atoms with Crippen molar-refractivity contribution in [2.75, 3.05) is 13.1 Å². The van der Waals surface area contributed by atoms with Crippen molar-refractivity contribution in [1.29, 1.82) is 0 Å². The van der Waals surface area contributed by atoms with Crippen LogP contribution in [0.4, 0.5) is 0 Å². The zero-order chi connectivity index (χ0) is 25.7. The molecule has 186 valence electrons. The molecule has 1 unspecified atom stereocenters. The van der Waals surface area contributed by atoms with Gasteiger partial charge in [-0.3, -0.25) is 24.2 Å². The summed E-state index contributed by atoms with van der Waals surface area (Å²) in [5.41, 5.74) is 16.1. The molecular weight excluding hydrogens is 442 g/mol. The van der Waals surface area contributed by atoms with Crippen LogP contribution in [0.25, 0.3) is 0 Å². The second-order valence-electron chi connectivity index (χ2n) is 7.43. The molecule has 15 heteroatoms. The van der Waals surface area contributed by atoms with E-state index >= 15 is 0 Å². The fourth-order valence-electron chi connectivity index (χ4n) is 2.55. The number of nitrogens with one attached hydrogen (secondary N) is 3. The van der Waals surface area contributed by atoms with Crippen LogP contribution in [0.5, 0.6) is 0 Å². The number of rotatable bonds is 15. The largest absolute Gasteiger partial charge is 0.481 e. The van der Waals surface area contributed by atoms with Crippen LogP contribution in [0.1, 0.15) is 26.7 Å². The molecule has 0 fully saturated rings. The Morgan fingerprint density at radius 2 is 1.64 bits per heavy atom. The minimum absolute atomic E-state index is 0.0485. The van der Waals surface area contributed by atoms with E-state index in [0.29, 0.717) is 6.29 Å². The summed E-state index contributed by atoms with van der Waals surface area (Å²) in [4.78, 5) is 73.8. The molecule has 15 nitrogen and oxygen atoms in total. The molecule has 0 heterocycles. The number of aliphatic carboxylic acids is 2. The molecule has 0 aliphatic carbocycles. The van der Waals surface area contributed by atoms with Crippen molar-refractivity contribution in [2.24, 2.45) is 34.0 Å². The molecule has 0 aliphatic rings. The summed E-state index contributed by atoms with van der Waals surface area (Å²) in [5.74, 6) is -7.20. The van der Waals surface area contributed by atoms with Gasteiger partial charge in [0.15, 0.2) is 5.96 Å². The van der Waals surface area contributed by atoms with Gasteiger partial charge in [0.25, 0.3) is 0 Å². The summed E-state index contributed by atoms with van der Waals surface area (Å²) in [6, 6.07) is -4.21. The molecule has 0 radical (unpaired) electrons. The molecule has 33 heavy (non-hydrogen) atoms. The molecule has 0 saturated heterocycles. The van der Waals surface area contributed by atoms with Gasteiger partial charge >= 0.3 is 11.9 Å². The number of carbonyl (C=O) groups is 6. The molecule has 0 saturated carbocycles. The van der Waals surface area contributed by atoms with Gasteiger partial charge in [-0.1, -0.05) is 13.8 Å². The first kappa shape index (κ1) is 29.2. The number of amides is 3. The first-order valence-electron chi connectivity index (χ1n) is 9.88. The summed E-state index contributed by atoms with van der Waals surface area (Å²) in [7, 11) is 0. The first-order chi connectivity index (χ1) is 15.3. The number of hydrogen-bond donors (Lipinski definition) is 8. The Hall–Kier alpha value is -3.75. The molecule has 0 spiro atoms. The molecule has 0 aromatic carbocycles. The smallest absolute Gasteiger partial charge is 0.326 e. The number of nitrogens with two attached hydrogens (primary N) is 3. The van der Waals surface area contributed by atoms with Crippen molar-refractivity contribution < 1.29 is 39.0 Å². The van der Waals surface area contributed by atoms with Crippen LogP contribution in [0.3, 0.4) is 0 Å². The lowest BCUT2D eigenvalue weighted by Crippen LogP contribution is -2.55. The van der Waals surface area contributed by atoms with Crippen LogP contribution in [0.15, 0.2) is 4.99 Å². The maximum atomic E-state index is 12.3. The number of hydrogen-bond acceptors (Lipinski definition) is 8. The molecule has 0 aromatic heterocycles. The third kappa shape index (κ3) is 11.4. The van der Waals surface area contributed by atoms with E-state index in [0.717, 1.165) is 0 Å². The van der Waals surface area contributed by atoms with Crippen LogP contribution in [0, 0.1) is 11.8 Å². The second kappa shape index (κ2) is 14.3. The highest BCUT2D eigenvalue weighted by Crippen LogP contribution is 2.06. The van der Waals surface area contributed by atoms with Gasteiger partial charge in [0.2, 0.25) is 17.7 Å². The van der Waals surface area contributed by atoms with Gasteiger partial charge in [-0.2, -0.15) is 0 Å². The Kier molecular flexibility index (Phi) is 12.7. The highest BCUT2D eigenvalue weighted by atomic mass is 16.4. The zero-order valence-electron chi connectivity index (χ0n) is 18.3. The summed E-state index contributed by atoms with van der Waals surface area (Å²) in [5, 5.41) is 24.6. The van der Waals surface area contributed by atoms with Crippen LogP contribution in [0.2, 0.25) is 0 Å². The molecule has 0 rings (SSSR count). The number of carbonyl (C=O) groups excluding carboxylic acids is 4. The number of guanidine groups is 1. The van der Waals surface area contributed by atoms with Crippen molar-refractivity contribution >= 4 is 41.9 Å².